The second-order valence-corrected chi connectivity index (χ2v) is 12.0. The predicted molar refractivity (Wildman–Crippen MR) is 118 cm³/mol. The number of amides is 1. The molecule has 2 saturated heterocycles. The number of hydrogen-bond donors (Lipinski definition) is 1. The molecule has 2 aliphatic rings. The van der Waals surface area contributed by atoms with E-state index in [2.05, 4.69) is 10.3 Å². The summed E-state index contributed by atoms with van der Waals surface area (Å²) in [4.78, 5) is 16.1. The van der Waals surface area contributed by atoms with Crippen LogP contribution >= 0.6 is 0 Å². The van der Waals surface area contributed by atoms with Crippen molar-refractivity contribution in [3.8, 4) is 0 Å². The summed E-state index contributed by atoms with van der Waals surface area (Å²) in [6.45, 7) is 3.07. The number of pyridine rings is 1. The van der Waals surface area contributed by atoms with Crippen LogP contribution in [-0.2, 0) is 31.4 Å². The molecule has 4 rings (SSSR count). The van der Waals surface area contributed by atoms with Crippen molar-refractivity contribution in [2.45, 2.75) is 48.9 Å². The molecule has 12 heteroatoms. The molecule has 0 atom stereocenters. The van der Waals surface area contributed by atoms with Crippen LogP contribution in [0.15, 0.2) is 40.5 Å². The first-order valence-corrected chi connectivity index (χ1v) is 13.5. The van der Waals surface area contributed by atoms with E-state index in [-0.39, 0.29) is 16.3 Å². The Labute approximate surface area is 188 Å². The van der Waals surface area contributed by atoms with Crippen LogP contribution in [0.5, 0.6) is 0 Å². The quantitative estimate of drug-likeness (QED) is 0.638. The molecular formula is C20H27N5O5S2. The van der Waals surface area contributed by atoms with Gasteiger partial charge in [0.1, 0.15) is 22.2 Å². The van der Waals surface area contributed by atoms with Gasteiger partial charge in [-0.2, -0.15) is 8.61 Å². The molecule has 10 nitrogen and oxygen atoms in total. The van der Waals surface area contributed by atoms with Crippen molar-refractivity contribution in [1.29, 1.82) is 0 Å². The molecule has 0 aliphatic carbocycles. The topological polar surface area (TPSA) is 122 Å². The van der Waals surface area contributed by atoms with E-state index in [1.807, 2.05) is 6.92 Å². The maximum atomic E-state index is 13.3. The molecule has 2 aromatic rings. The van der Waals surface area contributed by atoms with Crippen molar-refractivity contribution >= 4 is 31.8 Å². The zero-order chi connectivity index (χ0) is 22.9. The van der Waals surface area contributed by atoms with E-state index >= 15 is 0 Å². The molecule has 2 fully saturated rings. The second kappa shape index (κ2) is 8.93. The van der Waals surface area contributed by atoms with Gasteiger partial charge in [-0.25, -0.2) is 21.8 Å². The van der Waals surface area contributed by atoms with Gasteiger partial charge in [0.05, 0.1) is 0 Å². The number of hydrogen-bond acceptors (Lipinski definition) is 6. The highest BCUT2D eigenvalue weighted by atomic mass is 32.2. The molecule has 0 saturated carbocycles. The molecule has 0 bridgehead atoms. The Bertz CT molecular complexity index is 1130. The first-order chi connectivity index (χ1) is 15.2. The Morgan fingerprint density at radius 2 is 1.41 bits per heavy atom. The second-order valence-electron chi connectivity index (χ2n) is 8.15. The molecule has 174 valence electrons. The molecule has 4 heterocycles. The third-order valence-electron chi connectivity index (χ3n) is 5.68. The van der Waals surface area contributed by atoms with E-state index in [9.17, 15) is 21.6 Å². The number of aryl methyl sites for hydroxylation is 1. The van der Waals surface area contributed by atoms with Crippen molar-refractivity contribution < 1.29 is 21.6 Å². The zero-order valence-electron chi connectivity index (χ0n) is 17.9. The first kappa shape index (κ1) is 22.9. The van der Waals surface area contributed by atoms with E-state index in [0.29, 0.717) is 32.0 Å². The maximum absolute atomic E-state index is 13.3. The number of carbonyl (C=O) groups excluding carboxylic acids is 1. The third-order valence-corrected chi connectivity index (χ3v) is 9.66. The number of anilines is 1. The van der Waals surface area contributed by atoms with E-state index < -0.39 is 26.0 Å². The van der Waals surface area contributed by atoms with E-state index in [1.165, 1.54) is 25.6 Å². The Balaban J connectivity index is 1.65. The summed E-state index contributed by atoms with van der Waals surface area (Å²) < 4.78 is 57.0. The van der Waals surface area contributed by atoms with E-state index in [4.69, 9.17) is 0 Å². The van der Waals surface area contributed by atoms with Crippen molar-refractivity contribution in [1.82, 2.24) is 18.2 Å². The summed E-state index contributed by atoms with van der Waals surface area (Å²) in [7, 11) is -8.00. The Morgan fingerprint density at radius 1 is 0.906 bits per heavy atom. The fraction of sp³-hybridized carbons (Fsp3) is 0.500. The molecule has 0 radical (unpaired) electrons. The Morgan fingerprint density at radius 3 is 1.84 bits per heavy atom. The summed E-state index contributed by atoms with van der Waals surface area (Å²) in [6.07, 6.45) is 7.06. The number of sulfonamides is 2. The number of nitrogens with one attached hydrogen (secondary N) is 1. The number of carbonyl (C=O) groups is 1. The monoisotopic (exact) mass is 481 g/mol. The van der Waals surface area contributed by atoms with Crippen molar-refractivity contribution in [3.05, 3.63) is 36.3 Å². The smallest absolute Gasteiger partial charge is 0.245 e. The SMILES string of the molecule is Cc1ccc(NC(=O)Cn2cc(S(=O)(=O)N3CCCC3)c(S(=O)(=O)N3CCCC3)c2)nc1. The molecule has 0 spiro atoms. The van der Waals surface area contributed by atoms with Gasteiger partial charge in [-0.05, 0) is 44.2 Å². The lowest BCUT2D eigenvalue weighted by Crippen LogP contribution is -2.32. The Kier molecular flexibility index (Phi) is 6.39. The van der Waals surface area contributed by atoms with Crippen LogP contribution < -0.4 is 5.32 Å². The van der Waals surface area contributed by atoms with E-state index in [1.54, 1.807) is 18.3 Å². The van der Waals surface area contributed by atoms with Gasteiger partial charge in [-0.3, -0.25) is 4.79 Å². The minimum absolute atomic E-state index is 0.242. The van der Waals surface area contributed by atoms with Crippen molar-refractivity contribution in [3.63, 3.8) is 0 Å². The maximum Gasteiger partial charge on any atom is 0.245 e. The lowest BCUT2D eigenvalue weighted by molar-refractivity contribution is -0.116. The highest BCUT2D eigenvalue weighted by Crippen LogP contribution is 2.31. The van der Waals surface area contributed by atoms with Gasteiger partial charge in [-0.1, -0.05) is 6.07 Å². The third kappa shape index (κ3) is 4.58. The predicted octanol–water partition coefficient (Wildman–Crippen LogP) is 1.40. The highest BCUT2D eigenvalue weighted by Gasteiger charge is 2.38. The molecule has 1 N–H and O–H groups in total. The van der Waals surface area contributed by atoms with Crippen LogP contribution in [0, 0.1) is 6.92 Å². The molecular weight excluding hydrogens is 454 g/mol. The summed E-state index contributed by atoms with van der Waals surface area (Å²) in [5.41, 5.74) is 0.946. The molecule has 1 amide bonds. The minimum atomic E-state index is -4.00. The lowest BCUT2D eigenvalue weighted by atomic mass is 10.3. The van der Waals surface area contributed by atoms with Crippen LogP contribution in [0.4, 0.5) is 5.82 Å². The standard InChI is InChI=1S/C20H27N5O5S2/c1-16-6-7-19(21-12-16)22-20(26)15-23-13-17(31(27,28)24-8-2-3-9-24)18(14-23)32(29,30)25-10-4-5-11-25/h6-7,12-14H,2-5,8-11,15H2,1H3,(H,21,22,26). The van der Waals surface area contributed by atoms with Crippen LogP contribution in [0.25, 0.3) is 0 Å². The zero-order valence-corrected chi connectivity index (χ0v) is 19.5. The Hall–Kier alpha value is -2.28. The largest absolute Gasteiger partial charge is 0.342 e. The van der Waals surface area contributed by atoms with Gasteiger partial charge in [0, 0.05) is 44.8 Å². The summed E-state index contributed by atoms with van der Waals surface area (Å²) in [6, 6.07) is 3.47. The molecule has 0 unspecified atom stereocenters. The van der Waals surface area contributed by atoms with Gasteiger partial charge in [0.15, 0.2) is 0 Å². The molecule has 32 heavy (non-hydrogen) atoms. The van der Waals surface area contributed by atoms with Gasteiger partial charge in [0.2, 0.25) is 26.0 Å². The van der Waals surface area contributed by atoms with Crippen LogP contribution in [0.1, 0.15) is 31.2 Å². The number of aromatic nitrogens is 2. The summed E-state index contributed by atoms with van der Waals surface area (Å²) in [5, 5.41) is 2.64. The molecule has 2 aliphatic heterocycles. The fourth-order valence-corrected chi connectivity index (χ4v) is 7.79. The summed E-state index contributed by atoms with van der Waals surface area (Å²) >= 11 is 0. The first-order valence-electron chi connectivity index (χ1n) is 10.6. The average Bonchev–Trinajstić information content (AvgIpc) is 3.51. The van der Waals surface area contributed by atoms with Gasteiger partial charge in [0.25, 0.3) is 0 Å². The minimum Gasteiger partial charge on any atom is -0.342 e. The lowest BCUT2D eigenvalue weighted by Gasteiger charge is -2.18. The average molecular weight is 482 g/mol. The van der Waals surface area contributed by atoms with Crippen molar-refractivity contribution in [2.24, 2.45) is 0 Å². The van der Waals surface area contributed by atoms with Crippen LogP contribution in [0.2, 0.25) is 0 Å². The van der Waals surface area contributed by atoms with Gasteiger partial charge < -0.3 is 9.88 Å². The molecule has 2 aromatic heterocycles. The fourth-order valence-electron chi connectivity index (χ4n) is 3.97. The highest BCUT2D eigenvalue weighted by molar-refractivity contribution is 7.92. The number of rotatable bonds is 7. The number of nitrogens with zero attached hydrogens (tertiary/aromatic N) is 4. The van der Waals surface area contributed by atoms with Gasteiger partial charge >= 0.3 is 0 Å². The van der Waals surface area contributed by atoms with Gasteiger partial charge in [-0.15, -0.1) is 0 Å². The van der Waals surface area contributed by atoms with Crippen LogP contribution in [0.3, 0.4) is 0 Å². The summed E-state index contributed by atoms with van der Waals surface area (Å²) in [5.74, 6) is -0.0748. The normalized spacial score (nSPS) is 18.3. The van der Waals surface area contributed by atoms with E-state index in [0.717, 1.165) is 31.2 Å². The van der Waals surface area contributed by atoms with Crippen LogP contribution in [-0.4, -0.2) is 67.1 Å². The van der Waals surface area contributed by atoms with Crippen molar-refractivity contribution in [2.75, 3.05) is 31.5 Å². The molecule has 0 aromatic carbocycles.